The number of hydrogen-bond donors (Lipinski definition) is 1. The molecule has 0 bridgehead atoms. The molecule has 2 amide bonds. The molecule has 1 heterocycles. The maximum absolute atomic E-state index is 12.1. The van der Waals surface area contributed by atoms with Crippen LogP contribution in [0.25, 0.3) is 0 Å². The lowest BCUT2D eigenvalue weighted by molar-refractivity contribution is -0.141. The van der Waals surface area contributed by atoms with E-state index in [2.05, 4.69) is 6.58 Å². The third kappa shape index (κ3) is 3.15. The molecule has 17 heavy (non-hydrogen) atoms. The van der Waals surface area contributed by atoms with Gasteiger partial charge in [0.25, 0.3) is 0 Å². The maximum Gasteiger partial charge on any atom is 0.327 e. The van der Waals surface area contributed by atoms with Crippen molar-refractivity contribution in [3.05, 3.63) is 12.2 Å². The van der Waals surface area contributed by atoms with E-state index in [1.165, 1.54) is 21.6 Å². The van der Waals surface area contributed by atoms with Crippen LogP contribution < -0.4 is 0 Å². The summed E-state index contributed by atoms with van der Waals surface area (Å²) in [5.41, 5.74) is 0.868. The molecule has 1 saturated heterocycles. The molecule has 96 valence electrons. The zero-order valence-electron chi connectivity index (χ0n) is 10.3. The number of carboxylic acid groups (broad SMARTS) is 1. The van der Waals surface area contributed by atoms with Gasteiger partial charge in [-0.25, -0.2) is 9.59 Å². The van der Waals surface area contributed by atoms with Crippen LogP contribution in [0, 0.1) is 0 Å². The molecular weight excluding hydrogens is 240 g/mol. The molecule has 5 nitrogen and oxygen atoms in total. The van der Waals surface area contributed by atoms with Gasteiger partial charge in [-0.2, -0.15) is 0 Å². The van der Waals surface area contributed by atoms with Crippen molar-refractivity contribution in [3.8, 4) is 0 Å². The third-order valence-corrected chi connectivity index (χ3v) is 3.78. The van der Waals surface area contributed by atoms with Crippen molar-refractivity contribution in [1.29, 1.82) is 0 Å². The molecule has 0 aromatic heterocycles. The molecule has 0 aromatic carbocycles. The Balaban J connectivity index is 2.78. The first kappa shape index (κ1) is 13.9. The van der Waals surface area contributed by atoms with Crippen LogP contribution in [0.5, 0.6) is 0 Å². The van der Waals surface area contributed by atoms with E-state index in [-0.39, 0.29) is 11.4 Å². The number of likely N-dealkylation sites (N-methyl/N-ethyl adjacent to an activating group) is 1. The average Bonchev–Trinajstić information content (AvgIpc) is 2.58. The van der Waals surface area contributed by atoms with Crippen LogP contribution in [-0.2, 0) is 4.79 Å². The van der Waals surface area contributed by atoms with Crippen LogP contribution in [0.4, 0.5) is 4.79 Å². The van der Waals surface area contributed by atoms with Crippen molar-refractivity contribution in [3.63, 3.8) is 0 Å². The molecule has 6 heteroatoms. The Morgan fingerprint density at radius 1 is 1.59 bits per heavy atom. The minimum Gasteiger partial charge on any atom is -0.480 e. The van der Waals surface area contributed by atoms with E-state index in [4.69, 9.17) is 5.11 Å². The van der Waals surface area contributed by atoms with Gasteiger partial charge in [0.2, 0.25) is 0 Å². The fourth-order valence-corrected chi connectivity index (χ4v) is 2.95. The number of carbonyl (C=O) groups excluding carboxylic acids is 1. The summed E-state index contributed by atoms with van der Waals surface area (Å²) in [5, 5.41) is 8.97. The first-order valence-electron chi connectivity index (χ1n) is 5.36. The summed E-state index contributed by atoms with van der Waals surface area (Å²) in [7, 11) is 1.66. The number of aliphatic carboxylic acids is 1. The SMILES string of the molecule is C=C(C)CN(C)C(=O)N1C(C)SCC1C(=O)O. The number of nitrogens with zero attached hydrogens (tertiary/aromatic N) is 2. The van der Waals surface area contributed by atoms with Crippen LogP contribution in [0.15, 0.2) is 12.2 Å². The second-order valence-corrected chi connectivity index (χ2v) is 5.64. The summed E-state index contributed by atoms with van der Waals surface area (Å²) >= 11 is 1.48. The van der Waals surface area contributed by atoms with Crippen molar-refractivity contribution in [2.45, 2.75) is 25.3 Å². The number of carbonyl (C=O) groups is 2. The Kier molecular flexibility index (Phi) is 4.45. The summed E-state index contributed by atoms with van der Waals surface area (Å²) in [6.45, 7) is 7.87. The Bertz CT molecular complexity index is 346. The minimum atomic E-state index is -0.945. The van der Waals surface area contributed by atoms with E-state index in [1.807, 2.05) is 13.8 Å². The van der Waals surface area contributed by atoms with E-state index < -0.39 is 12.0 Å². The molecule has 0 aromatic rings. The number of rotatable bonds is 3. The molecule has 1 aliphatic heterocycles. The van der Waals surface area contributed by atoms with Crippen LogP contribution in [0.2, 0.25) is 0 Å². The van der Waals surface area contributed by atoms with Crippen molar-refractivity contribution in [1.82, 2.24) is 9.80 Å². The fourth-order valence-electron chi connectivity index (χ4n) is 1.79. The molecule has 0 saturated carbocycles. The number of carboxylic acids is 1. The minimum absolute atomic E-state index is 0.101. The Labute approximate surface area is 105 Å². The first-order valence-corrected chi connectivity index (χ1v) is 6.41. The van der Waals surface area contributed by atoms with Crippen LogP contribution in [-0.4, -0.2) is 57.7 Å². The van der Waals surface area contributed by atoms with Crippen molar-refractivity contribution < 1.29 is 14.7 Å². The van der Waals surface area contributed by atoms with E-state index in [0.717, 1.165) is 5.57 Å². The van der Waals surface area contributed by atoms with Gasteiger partial charge in [0.05, 0.1) is 5.37 Å². The average molecular weight is 258 g/mol. The highest BCUT2D eigenvalue weighted by atomic mass is 32.2. The summed E-state index contributed by atoms with van der Waals surface area (Å²) in [6, 6.07) is -0.979. The van der Waals surface area contributed by atoms with Gasteiger partial charge < -0.3 is 10.0 Å². The van der Waals surface area contributed by atoms with E-state index in [1.54, 1.807) is 7.05 Å². The summed E-state index contributed by atoms with van der Waals surface area (Å²) in [4.78, 5) is 26.1. The molecule has 1 fully saturated rings. The quantitative estimate of drug-likeness (QED) is 0.779. The van der Waals surface area contributed by atoms with Gasteiger partial charge >= 0.3 is 12.0 Å². The van der Waals surface area contributed by atoms with Crippen LogP contribution in [0.1, 0.15) is 13.8 Å². The maximum atomic E-state index is 12.1. The van der Waals surface area contributed by atoms with Gasteiger partial charge in [0.15, 0.2) is 0 Å². The predicted molar refractivity (Wildman–Crippen MR) is 68.0 cm³/mol. The Morgan fingerprint density at radius 3 is 2.65 bits per heavy atom. The monoisotopic (exact) mass is 258 g/mol. The van der Waals surface area contributed by atoms with Crippen molar-refractivity contribution in [2.75, 3.05) is 19.3 Å². The zero-order chi connectivity index (χ0) is 13.2. The fraction of sp³-hybridized carbons (Fsp3) is 0.636. The second kappa shape index (κ2) is 5.44. The highest BCUT2D eigenvalue weighted by molar-refractivity contribution is 8.00. The van der Waals surface area contributed by atoms with Gasteiger partial charge in [0.1, 0.15) is 6.04 Å². The molecule has 0 aliphatic carbocycles. The lowest BCUT2D eigenvalue weighted by atomic mass is 10.3. The highest BCUT2D eigenvalue weighted by Crippen LogP contribution is 2.29. The van der Waals surface area contributed by atoms with Gasteiger partial charge in [-0.1, -0.05) is 12.2 Å². The first-order chi connectivity index (χ1) is 7.84. The predicted octanol–water partition coefficient (Wildman–Crippen LogP) is 1.46. The summed E-state index contributed by atoms with van der Waals surface area (Å²) in [6.07, 6.45) is 0. The standard InChI is InChI=1S/C11H18N2O3S/c1-7(2)5-12(4)11(16)13-8(3)17-6-9(13)10(14)15/h8-9H,1,5-6H2,2-4H3,(H,14,15). The lowest BCUT2D eigenvalue weighted by Crippen LogP contribution is -2.50. The summed E-state index contributed by atoms with van der Waals surface area (Å²) < 4.78 is 0. The highest BCUT2D eigenvalue weighted by Gasteiger charge is 2.40. The van der Waals surface area contributed by atoms with Crippen molar-refractivity contribution >= 4 is 23.8 Å². The second-order valence-electron chi connectivity index (χ2n) is 4.29. The molecule has 1 N–H and O–H groups in total. The van der Waals surface area contributed by atoms with E-state index in [9.17, 15) is 9.59 Å². The van der Waals surface area contributed by atoms with Gasteiger partial charge in [-0.3, -0.25) is 4.90 Å². The van der Waals surface area contributed by atoms with E-state index >= 15 is 0 Å². The number of urea groups is 1. The van der Waals surface area contributed by atoms with Gasteiger partial charge in [-0.15, -0.1) is 11.8 Å². The lowest BCUT2D eigenvalue weighted by Gasteiger charge is -2.30. The molecule has 0 radical (unpaired) electrons. The molecule has 1 rings (SSSR count). The smallest absolute Gasteiger partial charge is 0.327 e. The van der Waals surface area contributed by atoms with Gasteiger partial charge in [0, 0.05) is 19.3 Å². The molecule has 2 unspecified atom stereocenters. The van der Waals surface area contributed by atoms with Crippen LogP contribution >= 0.6 is 11.8 Å². The zero-order valence-corrected chi connectivity index (χ0v) is 11.2. The number of amides is 2. The largest absolute Gasteiger partial charge is 0.480 e. The van der Waals surface area contributed by atoms with Crippen LogP contribution in [0.3, 0.4) is 0 Å². The number of thioether (sulfide) groups is 1. The van der Waals surface area contributed by atoms with Gasteiger partial charge in [-0.05, 0) is 13.8 Å². The molecule has 2 atom stereocenters. The van der Waals surface area contributed by atoms with E-state index in [0.29, 0.717) is 12.3 Å². The molecule has 1 aliphatic rings. The Hall–Kier alpha value is -1.17. The molecular formula is C11H18N2O3S. The topological polar surface area (TPSA) is 60.9 Å². The number of hydrogen-bond acceptors (Lipinski definition) is 3. The normalized spacial score (nSPS) is 23.6. The Morgan fingerprint density at radius 2 is 2.18 bits per heavy atom. The van der Waals surface area contributed by atoms with Crippen molar-refractivity contribution in [2.24, 2.45) is 0 Å². The summed E-state index contributed by atoms with van der Waals surface area (Å²) in [5.74, 6) is -0.498. The molecule has 0 spiro atoms. The third-order valence-electron chi connectivity index (χ3n) is 2.56.